The number of hydrogen-bond donors (Lipinski definition) is 1. The lowest BCUT2D eigenvalue weighted by Crippen LogP contribution is -2.24. The van der Waals surface area contributed by atoms with Crippen LogP contribution in [0, 0.1) is 5.82 Å². The highest BCUT2D eigenvalue weighted by atomic mass is 79.9. The molecule has 1 aromatic rings. The fraction of sp³-hybridized carbons (Fsp3) is 0.455. The minimum Gasteiger partial charge on any atom is -0.491 e. The van der Waals surface area contributed by atoms with Crippen LogP contribution in [0.5, 0.6) is 5.75 Å². The van der Waals surface area contributed by atoms with Crippen molar-refractivity contribution in [2.75, 3.05) is 33.4 Å². The molecule has 0 atom stereocenters. The van der Waals surface area contributed by atoms with Gasteiger partial charge in [0.15, 0.2) is 0 Å². The van der Waals surface area contributed by atoms with Crippen molar-refractivity contribution in [3.05, 3.63) is 27.4 Å². The molecule has 0 aliphatic rings. The molecular formula is C11H14BrClFNO2. The van der Waals surface area contributed by atoms with Crippen LogP contribution in [0.25, 0.3) is 0 Å². The average molecular weight is 327 g/mol. The number of methoxy groups -OCH3 is 1. The Morgan fingerprint density at radius 2 is 2.06 bits per heavy atom. The van der Waals surface area contributed by atoms with Gasteiger partial charge in [0.25, 0.3) is 0 Å². The van der Waals surface area contributed by atoms with E-state index in [2.05, 4.69) is 21.2 Å². The second kappa shape index (κ2) is 7.87. The van der Waals surface area contributed by atoms with Crippen molar-refractivity contribution < 1.29 is 13.9 Å². The minimum absolute atomic E-state index is 0.0717. The van der Waals surface area contributed by atoms with E-state index in [-0.39, 0.29) is 5.02 Å². The van der Waals surface area contributed by atoms with Crippen LogP contribution in [0.3, 0.4) is 0 Å². The molecule has 0 aromatic heterocycles. The molecule has 0 heterocycles. The highest BCUT2D eigenvalue weighted by molar-refractivity contribution is 9.10. The molecule has 0 unspecified atom stereocenters. The number of hydrogen-bond acceptors (Lipinski definition) is 3. The predicted molar refractivity (Wildman–Crippen MR) is 69.4 cm³/mol. The third-order valence-corrected chi connectivity index (χ3v) is 2.90. The van der Waals surface area contributed by atoms with E-state index in [1.54, 1.807) is 7.11 Å². The van der Waals surface area contributed by atoms with Crippen molar-refractivity contribution in [2.24, 2.45) is 0 Å². The van der Waals surface area contributed by atoms with Gasteiger partial charge in [0.1, 0.15) is 18.2 Å². The van der Waals surface area contributed by atoms with Crippen molar-refractivity contribution in [1.29, 1.82) is 0 Å². The molecule has 0 aliphatic heterocycles. The molecule has 1 N–H and O–H groups in total. The lowest BCUT2D eigenvalue weighted by molar-refractivity contribution is 0.196. The Balaban J connectivity index is 2.34. The van der Waals surface area contributed by atoms with Crippen molar-refractivity contribution in [3.63, 3.8) is 0 Å². The molecule has 3 nitrogen and oxygen atoms in total. The summed E-state index contributed by atoms with van der Waals surface area (Å²) in [7, 11) is 1.64. The van der Waals surface area contributed by atoms with Crippen LogP contribution in [0.1, 0.15) is 0 Å². The molecule has 0 fully saturated rings. The standard InChI is InChI=1S/C11H14BrClFNO2/c1-16-4-2-15-3-5-17-11-7-10(14)9(13)6-8(11)12/h6-7,15H,2-5H2,1H3. The van der Waals surface area contributed by atoms with Gasteiger partial charge in [-0.1, -0.05) is 11.6 Å². The molecule has 0 bridgehead atoms. The molecule has 0 saturated heterocycles. The Morgan fingerprint density at radius 3 is 2.76 bits per heavy atom. The summed E-state index contributed by atoms with van der Waals surface area (Å²) in [6.45, 7) is 2.53. The molecule has 1 aromatic carbocycles. The van der Waals surface area contributed by atoms with Gasteiger partial charge in [-0.3, -0.25) is 0 Å². The number of rotatable bonds is 7. The second-order valence-electron chi connectivity index (χ2n) is 3.29. The molecule has 0 spiro atoms. The molecule has 1 rings (SSSR count). The molecular weight excluding hydrogens is 312 g/mol. The zero-order chi connectivity index (χ0) is 12.7. The van der Waals surface area contributed by atoms with Crippen molar-refractivity contribution in [3.8, 4) is 5.75 Å². The maximum atomic E-state index is 13.2. The number of nitrogens with one attached hydrogen (secondary N) is 1. The summed E-state index contributed by atoms with van der Waals surface area (Å²) in [5, 5.41) is 3.19. The largest absolute Gasteiger partial charge is 0.491 e. The van der Waals surface area contributed by atoms with E-state index in [1.807, 2.05) is 0 Å². The molecule has 0 aliphatic carbocycles. The van der Waals surface area contributed by atoms with Gasteiger partial charge in [0, 0.05) is 26.3 Å². The van der Waals surface area contributed by atoms with Crippen LogP contribution in [-0.4, -0.2) is 33.4 Å². The van der Waals surface area contributed by atoms with Crippen LogP contribution >= 0.6 is 27.5 Å². The SMILES string of the molecule is COCCNCCOc1cc(F)c(Cl)cc1Br. The van der Waals surface area contributed by atoms with Gasteiger partial charge >= 0.3 is 0 Å². The van der Waals surface area contributed by atoms with Crippen LogP contribution in [0.15, 0.2) is 16.6 Å². The molecule has 96 valence electrons. The first kappa shape index (κ1) is 14.7. The quantitative estimate of drug-likeness (QED) is 0.617. The first-order chi connectivity index (χ1) is 8.15. The summed E-state index contributed by atoms with van der Waals surface area (Å²) < 4.78 is 24.1. The van der Waals surface area contributed by atoms with Gasteiger partial charge in [-0.15, -0.1) is 0 Å². The lowest BCUT2D eigenvalue weighted by Gasteiger charge is -2.09. The van der Waals surface area contributed by atoms with Crippen LogP contribution in [-0.2, 0) is 4.74 Å². The lowest BCUT2D eigenvalue weighted by atomic mass is 10.3. The maximum absolute atomic E-state index is 13.2. The molecule has 0 saturated carbocycles. The van der Waals surface area contributed by atoms with Crippen LogP contribution in [0.2, 0.25) is 5.02 Å². The highest BCUT2D eigenvalue weighted by Crippen LogP contribution is 2.30. The number of ether oxygens (including phenoxy) is 2. The van der Waals surface area contributed by atoms with Crippen molar-refractivity contribution in [1.82, 2.24) is 5.32 Å². The summed E-state index contributed by atoms with van der Waals surface area (Å²) >= 11 is 8.88. The summed E-state index contributed by atoms with van der Waals surface area (Å²) in [5.74, 6) is -0.0438. The molecule has 6 heteroatoms. The van der Waals surface area contributed by atoms with E-state index < -0.39 is 5.82 Å². The van der Waals surface area contributed by atoms with Gasteiger partial charge in [0.2, 0.25) is 0 Å². The smallest absolute Gasteiger partial charge is 0.145 e. The van der Waals surface area contributed by atoms with Crippen molar-refractivity contribution in [2.45, 2.75) is 0 Å². The predicted octanol–water partition coefficient (Wildman–Crippen LogP) is 2.86. The number of benzene rings is 1. The Bertz CT molecular complexity index is 366. The topological polar surface area (TPSA) is 30.5 Å². The van der Waals surface area contributed by atoms with E-state index in [4.69, 9.17) is 21.1 Å². The summed E-state index contributed by atoms with van der Waals surface area (Å²) in [6, 6.07) is 2.74. The Morgan fingerprint density at radius 1 is 1.35 bits per heavy atom. The fourth-order valence-electron chi connectivity index (χ4n) is 1.15. The molecule has 17 heavy (non-hydrogen) atoms. The third-order valence-electron chi connectivity index (χ3n) is 1.99. The van der Waals surface area contributed by atoms with E-state index in [1.165, 1.54) is 12.1 Å². The number of halogens is 3. The molecule has 0 radical (unpaired) electrons. The van der Waals surface area contributed by atoms with E-state index >= 15 is 0 Å². The third kappa shape index (κ3) is 5.21. The Hall–Kier alpha value is -0.360. The summed E-state index contributed by atoms with van der Waals surface area (Å²) in [6.07, 6.45) is 0. The van der Waals surface area contributed by atoms with Gasteiger partial charge in [0.05, 0.1) is 16.1 Å². The van der Waals surface area contributed by atoms with E-state index in [0.717, 1.165) is 6.54 Å². The van der Waals surface area contributed by atoms with Gasteiger partial charge in [-0.05, 0) is 22.0 Å². The molecule has 0 amide bonds. The van der Waals surface area contributed by atoms with Gasteiger partial charge in [-0.2, -0.15) is 0 Å². The second-order valence-corrected chi connectivity index (χ2v) is 4.55. The van der Waals surface area contributed by atoms with E-state index in [9.17, 15) is 4.39 Å². The Labute approximate surface area is 113 Å². The first-order valence-electron chi connectivity index (χ1n) is 5.12. The summed E-state index contributed by atoms with van der Waals surface area (Å²) in [5.41, 5.74) is 0. The van der Waals surface area contributed by atoms with Crippen LogP contribution in [0.4, 0.5) is 4.39 Å². The fourth-order valence-corrected chi connectivity index (χ4v) is 1.90. The zero-order valence-corrected chi connectivity index (χ0v) is 11.8. The average Bonchev–Trinajstić information content (AvgIpc) is 2.30. The normalized spacial score (nSPS) is 10.6. The van der Waals surface area contributed by atoms with Gasteiger partial charge in [-0.25, -0.2) is 4.39 Å². The Kier molecular flexibility index (Phi) is 6.80. The minimum atomic E-state index is -0.489. The van der Waals surface area contributed by atoms with Crippen LogP contribution < -0.4 is 10.1 Å². The highest BCUT2D eigenvalue weighted by Gasteiger charge is 2.07. The first-order valence-corrected chi connectivity index (χ1v) is 6.29. The summed E-state index contributed by atoms with van der Waals surface area (Å²) in [4.78, 5) is 0. The van der Waals surface area contributed by atoms with Gasteiger partial charge < -0.3 is 14.8 Å². The zero-order valence-electron chi connectivity index (χ0n) is 9.43. The maximum Gasteiger partial charge on any atom is 0.145 e. The van der Waals surface area contributed by atoms with E-state index in [0.29, 0.717) is 30.0 Å². The van der Waals surface area contributed by atoms with Crippen molar-refractivity contribution >= 4 is 27.5 Å². The monoisotopic (exact) mass is 325 g/mol.